The van der Waals surface area contributed by atoms with E-state index in [0.29, 0.717) is 23.5 Å². The van der Waals surface area contributed by atoms with E-state index in [9.17, 15) is 9.59 Å². The number of carbonyl (C=O) groups is 2. The van der Waals surface area contributed by atoms with Gasteiger partial charge < -0.3 is 19.9 Å². The second kappa shape index (κ2) is 7.75. The number of thioether (sulfide) groups is 1. The lowest BCUT2D eigenvalue weighted by Crippen LogP contribution is -2.46. The standard InChI is InChI=1S/C21H23N3O3S/c1-3-24-12-15(27-18-7-5-4-6-17(18)24)11-23(2)21(26)14-8-9-19-16(10-14)22-20(25)13-28-19/h4-10,15H,3,11-13H2,1-2H3,(H,22,25)/t15-/m0/s1. The quantitative estimate of drug-likeness (QED) is 0.859. The molecule has 146 valence electrons. The van der Waals surface area contributed by atoms with Crippen LogP contribution in [0.15, 0.2) is 47.4 Å². The van der Waals surface area contributed by atoms with E-state index in [4.69, 9.17) is 4.74 Å². The summed E-state index contributed by atoms with van der Waals surface area (Å²) in [4.78, 5) is 29.5. The fraction of sp³-hybridized carbons (Fsp3) is 0.333. The molecule has 0 aliphatic carbocycles. The second-order valence-electron chi connectivity index (χ2n) is 6.98. The number of fused-ring (bicyclic) bond motifs is 2. The molecule has 0 unspecified atom stereocenters. The van der Waals surface area contributed by atoms with E-state index < -0.39 is 0 Å². The molecule has 0 saturated heterocycles. The molecule has 2 amide bonds. The molecule has 0 bridgehead atoms. The van der Waals surface area contributed by atoms with Gasteiger partial charge in [-0.05, 0) is 37.3 Å². The van der Waals surface area contributed by atoms with Crippen LogP contribution >= 0.6 is 11.8 Å². The highest BCUT2D eigenvalue weighted by Crippen LogP contribution is 2.34. The first-order valence-corrected chi connectivity index (χ1v) is 10.4. The highest BCUT2D eigenvalue weighted by atomic mass is 32.2. The number of benzene rings is 2. The van der Waals surface area contributed by atoms with Crippen LogP contribution in [0.4, 0.5) is 11.4 Å². The van der Waals surface area contributed by atoms with E-state index >= 15 is 0 Å². The molecule has 6 nitrogen and oxygen atoms in total. The molecule has 0 saturated carbocycles. The topological polar surface area (TPSA) is 61.9 Å². The van der Waals surface area contributed by atoms with Crippen LogP contribution in [-0.2, 0) is 4.79 Å². The molecule has 2 aliphatic rings. The van der Waals surface area contributed by atoms with Crippen LogP contribution in [0, 0.1) is 0 Å². The van der Waals surface area contributed by atoms with Crippen molar-refractivity contribution in [1.29, 1.82) is 0 Å². The predicted octanol–water partition coefficient (Wildman–Crippen LogP) is 3.09. The van der Waals surface area contributed by atoms with Crippen LogP contribution < -0.4 is 15.0 Å². The number of carbonyl (C=O) groups excluding carboxylic acids is 2. The highest BCUT2D eigenvalue weighted by Gasteiger charge is 2.27. The molecule has 2 aromatic rings. The zero-order valence-corrected chi connectivity index (χ0v) is 16.8. The molecule has 2 aliphatic heterocycles. The van der Waals surface area contributed by atoms with Gasteiger partial charge in [-0.3, -0.25) is 9.59 Å². The number of nitrogens with one attached hydrogen (secondary N) is 1. The Morgan fingerprint density at radius 2 is 2.14 bits per heavy atom. The number of ether oxygens (including phenoxy) is 1. The van der Waals surface area contributed by atoms with Gasteiger partial charge in [0.15, 0.2) is 0 Å². The first-order chi connectivity index (χ1) is 13.5. The number of hydrogen-bond acceptors (Lipinski definition) is 5. The normalized spacial score (nSPS) is 17.9. The maximum absolute atomic E-state index is 12.9. The molecule has 2 heterocycles. The second-order valence-corrected chi connectivity index (χ2v) is 8.00. The molecule has 4 rings (SSSR count). The molecule has 1 N–H and O–H groups in total. The maximum atomic E-state index is 12.9. The number of para-hydroxylation sites is 2. The number of nitrogens with zero attached hydrogens (tertiary/aromatic N) is 2. The van der Waals surface area contributed by atoms with E-state index in [1.807, 2.05) is 30.3 Å². The fourth-order valence-corrected chi connectivity index (χ4v) is 4.39. The molecule has 7 heteroatoms. The largest absolute Gasteiger partial charge is 0.485 e. The van der Waals surface area contributed by atoms with Gasteiger partial charge in [-0.2, -0.15) is 0 Å². The lowest BCUT2D eigenvalue weighted by atomic mass is 10.1. The molecule has 0 radical (unpaired) electrons. The molecule has 28 heavy (non-hydrogen) atoms. The molecule has 0 spiro atoms. The van der Waals surface area contributed by atoms with Crippen molar-refractivity contribution in [2.75, 3.05) is 42.7 Å². The van der Waals surface area contributed by atoms with Crippen molar-refractivity contribution in [2.45, 2.75) is 17.9 Å². The first kappa shape index (κ1) is 18.7. The van der Waals surface area contributed by atoms with Crippen LogP contribution in [-0.4, -0.2) is 55.3 Å². The number of rotatable bonds is 4. The van der Waals surface area contributed by atoms with E-state index in [1.165, 1.54) is 11.8 Å². The van der Waals surface area contributed by atoms with Gasteiger partial charge in [0, 0.05) is 24.1 Å². The summed E-state index contributed by atoms with van der Waals surface area (Å²) in [5.74, 6) is 1.15. The van der Waals surface area contributed by atoms with Crippen molar-refractivity contribution in [3.05, 3.63) is 48.0 Å². The van der Waals surface area contributed by atoms with Crippen molar-refractivity contribution < 1.29 is 14.3 Å². The minimum absolute atomic E-state index is 0.0376. The van der Waals surface area contributed by atoms with Crippen LogP contribution in [0.25, 0.3) is 0 Å². The number of hydrogen-bond donors (Lipinski definition) is 1. The Labute approximate surface area is 168 Å². The Kier molecular flexibility index (Phi) is 5.17. The summed E-state index contributed by atoms with van der Waals surface area (Å²) in [7, 11) is 1.79. The van der Waals surface area contributed by atoms with Crippen LogP contribution in [0.2, 0.25) is 0 Å². The molecule has 2 aromatic carbocycles. The monoisotopic (exact) mass is 397 g/mol. The zero-order chi connectivity index (χ0) is 19.7. The van der Waals surface area contributed by atoms with Crippen LogP contribution in [0.3, 0.4) is 0 Å². The summed E-state index contributed by atoms with van der Waals surface area (Å²) >= 11 is 1.49. The minimum Gasteiger partial charge on any atom is -0.485 e. The van der Waals surface area contributed by atoms with E-state index in [2.05, 4.69) is 23.2 Å². The summed E-state index contributed by atoms with van der Waals surface area (Å²) in [6.45, 7) is 4.23. The van der Waals surface area contributed by atoms with Crippen molar-refractivity contribution in [1.82, 2.24) is 4.90 Å². The van der Waals surface area contributed by atoms with Gasteiger partial charge in [0.1, 0.15) is 11.9 Å². The Balaban J connectivity index is 1.47. The Hall–Kier alpha value is -2.67. The summed E-state index contributed by atoms with van der Waals surface area (Å²) in [5, 5.41) is 2.84. The molecular formula is C21H23N3O3S. The predicted molar refractivity (Wildman–Crippen MR) is 112 cm³/mol. The zero-order valence-electron chi connectivity index (χ0n) is 16.0. The van der Waals surface area contributed by atoms with E-state index in [0.717, 1.165) is 29.4 Å². The number of likely N-dealkylation sites (N-methyl/N-ethyl adjacent to an activating group) is 2. The summed E-state index contributed by atoms with van der Waals surface area (Å²) in [6, 6.07) is 13.5. The number of anilines is 2. The van der Waals surface area contributed by atoms with Gasteiger partial charge in [-0.25, -0.2) is 0 Å². The average molecular weight is 398 g/mol. The SMILES string of the molecule is CCN1C[C@H](CN(C)C(=O)c2ccc3c(c2)NC(=O)CS3)Oc2ccccc21. The summed E-state index contributed by atoms with van der Waals surface area (Å²) in [6.07, 6.45) is -0.100. The van der Waals surface area contributed by atoms with Crippen LogP contribution in [0.5, 0.6) is 5.75 Å². The van der Waals surface area contributed by atoms with Gasteiger partial charge in [0.25, 0.3) is 5.91 Å². The summed E-state index contributed by atoms with van der Waals surface area (Å²) in [5.41, 5.74) is 2.37. The van der Waals surface area contributed by atoms with E-state index in [-0.39, 0.29) is 17.9 Å². The molecule has 0 aromatic heterocycles. The fourth-order valence-electron chi connectivity index (χ4n) is 3.60. The number of amides is 2. The van der Waals surface area contributed by atoms with Gasteiger partial charge in [0.2, 0.25) is 5.91 Å². The van der Waals surface area contributed by atoms with Crippen molar-refractivity contribution >= 4 is 35.0 Å². The van der Waals surface area contributed by atoms with Gasteiger partial charge in [0.05, 0.1) is 30.2 Å². The third-order valence-corrected chi connectivity index (χ3v) is 6.06. The molecule has 1 atom stereocenters. The highest BCUT2D eigenvalue weighted by molar-refractivity contribution is 8.00. The van der Waals surface area contributed by atoms with Crippen LogP contribution in [0.1, 0.15) is 17.3 Å². The first-order valence-electron chi connectivity index (χ1n) is 9.38. The van der Waals surface area contributed by atoms with Gasteiger partial charge in [-0.1, -0.05) is 12.1 Å². The van der Waals surface area contributed by atoms with Gasteiger partial charge in [-0.15, -0.1) is 11.8 Å². The molecular weight excluding hydrogens is 374 g/mol. The molecule has 0 fully saturated rings. The average Bonchev–Trinajstić information content (AvgIpc) is 2.71. The summed E-state index contributed by atoms with van der Waals surface area (Å²) < 4.78 is 6.13. The van der Waals surface area contributed by atoms with Crippen molar-refractivity contribution in [2.24, 2.45) is 0 Å². The lowest BCUT2D eigenvalue weighted by Gasteiger charge is -2.37. The Morgan fingerprint density at radius 1 is 1.32 bits per heavy atom. The smallest absolute Gasteiger partial charge is 0.253 e. The Bertz CT molecular complexity index is 918. The van der Waals surface area contributed by atoms with Gasteiger partial charge >= 0.3 is 0 Å². The van der Waals surface area contributed by atoms with Crippen molar-refractivity contribution in [3.63, 3.8) is 0 Å². The third kappa shape index (κ3) is 3.67. The minimum atomic E-state index is -0.100. The lowest BCUT2D eigenvalue weighted by molar-refractivity contribution is -0.113. The van der Waals surface area contributed by atoms with Crippen molar-refractivity contribution in [3.8, 4) is 5.75 Å². The third-order valence-electron chi connectivity index (χ3n) is 4.99. The van der Waals surface area contributed by atoms with E-state index in [1.54, 1.807) is 18.0 Å². The maximum Gasteiger partial charge on any atom is 0.253 e. The Morgan fingerprint density at radius 3 is 2.96 bits per heavy atom.